The number of nitrogens with one attached hydrogen (secondary N) is 2. The summed E-state index contributed by atoms with van der Waals surface area (Å²) >= 11 is 6.60. The van der Waals surface area contributed by atoms with Gasteiger partial charge >= 0.3 is 0 Å². The van der Waals surface area contributed by atoms with Gasteiger partial charge in [-0.15, -0.1) is 0 Å². The second kappa shape index (κ2) is 13.1. The number of allylic oxidation sites excluding steroid dienone is 1. The van der Waals surface area contributed by atoms with Crippen LogP contribution in [0.15, 0.2) is 35.7 Å². The molecule has 1 amide bonds. The fourth-order valence-corrected chi connectivity index (χ4v) is 6.50. The number of methoxy groups -OCH3 is 5. The van der Waals surface area contributed by atoms with Gasteiger partial charge in [0.2, 0.25) is 23.0 Å². The fourth-order valence-electron chi connectivity index (χ4n) is 6.23. The molecular weight excluding hydrogens is 634 g/mol. The maximum absolute atomic E-state index is 14.4. The first-order valence-corrected chi connectivity index (χ1v) is 15.0. The van der Waals surface area contributed by atoms with Gasteiger partial charge in [0.25, 0.3) is 0 Å². The smallest absolute Gasteiger partial charge is 0.231 e. The average molecular weight is 670 g/mol. The van der Waals surface area contributed by atoms with Crippen molar-refractivity contribution in [3.8, 4) is 34.5 Å². The molecule has 1 spiro atoms. The summed E-state index contributed by atoms with van der Waals surface area (Å²) in [6, 6.07) is 4.63. The summed E-state index contributed by atoms with van der Waals surface area (Å²) in [6.45, 7) is 3.62. The predicted molar refractivity (Wildman–Crippen MR) is 169 cm³/mol. The van der Waals surface area contributed by atoms with Crippen molar-refractivity contribution in [1.82, 2.24) is 15.5 Å². The molecule has 47 heavy (non-hydrogen) atoms. The lowest BCUT2D eigenvalue weighted by Gasteiger charge is -2.38. The molecule has 3 atom stereocenters. The topological polar surface area (TPSA) is 168 Å². The molecule has 13 nitrogen and oxygen atoms in total. The fraction of sp³-hybridized carbons (Fsp3) is 0.394. The van der Waals surface area contributed by atoms with Crippen LogP contribution >= 0.6 is 11.6 Å². The highest BCUT2D eigenvalue weighted by Crippen LogP contribution is 2.56. The Morgan fingerprint density at radius 1 is 1.06 bits per heavy atom. The van der Waals surface area contributed by atoms with Gasteiger partial charge in [-0.25, -0.2) is 0 Å². The van der Waals surface area contributed by atoms with Gasteiger partial charge in [-0.1, -0.05) is 18.5 Å². The van der Waals surface area contributed by atoms with Crippen LogP contribution < -0.4 is 33.7 Å². The van der Waals surface area contributed by atoms with E-state index in [1.165, 1.54) is 41.6 Å². The minimum absolute atomic E-state index is 0.00192. The maximum Gasteiger partial charge on any atom is 0.231 e. The Morgan fingerprint density at radius 2 is 1.70 bits per heavy atom. The van der Waals surface area contributed by atoms with Gasteiger partial charge in [-0.05, 0) is 24.6 Å². The molecule has 0 saturated carbocycles. The maximum atomic E-state index is 14.4. The third-order valence-electron chi connectivity index (χ3n) is 8.75. The molecule has 3 N–H and O–H groups in total. The molecular formula is C33H36ClN3O10. The molecule has 3 aromatic rings. The molecule has 0 radical (unpaired) electrons. The lowest BCUT2D eigenvalue weighted by molar-refractivity contribution is -0.122. The highest BCUT2D eigenvalue weighted by molar-refractivity contribution is 6.35. The number of hydrogen-bond donors (Lipinski definition) is 3. The van der Waals surface area contributed by atoms with E-state index in [2.05, 4.69) is 15.5 Å². The van der Waals surface area contributed by atoms with Gasteiger partial charge in [0.05, 0.1) is 41.7 Å². The summed E-state index contributed by atoms with van der Waals surface area (Å²) in [5.41, 5.74) is -0.271. The monoisotopic (exact) mass is 669 g/mol. The molecule has 3 unspecified atom stereocenters. The quantitative estimate of drug-likeness (QED) is 0.260. The number of aliphatic hydroxyl groups excluding tert-OH is 1. The van der Waals surface area contributed by atoms with Crippen LogP contribution in [0.25, 0.3) is 0 Å². The first-order valence-electron chi connectivity index (χ1n) is 14.7. The van der Waals surface area contributed by atoms with Gasteiger partial charge in [0, 0.05) is 54.1 Å². The number of nitrogens with zero attached hydrogens (tertiary/aromatic N) is 1. The van der Waals surface area contributed by atoms with E-state index in [0.29, 0.717) is 5.56 Å². The number of carbonyl (C=O) groups excluding carboxylic acids is 3. The van der Waals surface area contributed by atoms with Crippen molar-refractivity contribution in [2.75, 3.05) is 35.5 Å². The number of halogens is 1. The number of aromatic nitrogens is 2. The highest BCUT2D eigenvalue weighted by Gasteiger charge is 2.61. The Morgan fingerprint density at radius 3 is 2.26 bits per heavy atom. The first-order chi connectivity index (χ1) is 22.5. The predicted octanol–water partition coefficient (Wildman–Crippen LogP) is 4.64. The number of ketones is 2. The largest absolute Gasteiger partial charge is 0.507 e. The summed E-state index contributed by atoms with van der Waals surface area (Å²) < 4.78 is 33.7. The van der Waals surface area contributed by atoms with Crippen LogP contribution in [0.2, 0.25) is 5.02 Å². The number of aryl methyl sites for hydroxylation is 1. The van der Waals surface area contributed by atoms with Crippen LogP contribution in [-0.2, 0) is 16.1 Å². The van der Waals surface area contributed by atoms with Crippen molar-refractivity contribution < 1.29 is 47.9 Å². The molecule has 2 aliphatic rings. The Balaban J connectivity index is 1.68. The number of carbonyl (C=O) groups is 3. The van der Waals surface area contributed by atoms with Crippen LogP contribution in [0, 0.1) is 12.8 Å². The number of amides is 1. The van der Waals surface area contributed by atoms with Crippen LogP contribution in [0.4, 0.5) is 0 Å². The SMILES string of the molecule is COc1cc(OC)c2c(c1Cl)OC1(C2=O)C(O)=C(C(CC(=O)NCc2cn[nH]c2C)c2cc(OC)c(OC)c(OC)c2)C(=O)CC1C. The highest BCUT2D eigenvalue weighted by atomic mass is 35.5. The number of Topliss-reactive ketones (excluding diaryl/α,β-unsaturated/α-hetero) is 2. The molecule has 14 heteroatoms. The summed E-state index contributed by atoms with van der Waals surface area (Å²) in [5, 5.41) is 21.8. The number of fused-ring (bicyclic) bond motifs is 1. The third kappa shape index (κ3) is 5.47. The number of H-pyrrole nitrogens is 1. The van der Waals surface area contributed by atoms with Gasteiger partial charge in [0.15, 0.2) is 28.8 Å². The van der Waals surface area contributed by atoms with Gasteiger partial charge in [-0.3, -0.25) is 19.5 Å². The van der Waals surface area contributed by atoms with E-state index in [0.717, 1.165) is 11.3 Å². The molecule has 2 heterocycles. The molecule has 250 valence electrons. The van der Waals surface area contributed by atoms with Crippen LogP contribution in [0.1, 0.15) is 52.9 Å². The van der Waals surface area contributed by atoms with E-state index in [1.807, 2.05) is 6.92 Å². The van der Waals surface area contributed by atoms with Gasteiger partial charge < -0.3 is 38.8 Å². The minimum atomic E-state index is -2.04. The second-order valence-electron chi connectivity index (χ2n) is 11.3. The summed E-state index contributed by atoms with van der Waals surface area (Å²) in [6.07, 6.45) is 1.11. The zero-order valence-corrected chi connectivity index (χ0v) is 27.8. The molecule has 2 aromatic carbocycles. The average Bonchev–Trinajstić information content (AvgIpc) is 3.62. The number of benzene rings is 2. The molecule has 0 bridgehead atoms. The Labute approximate surface area is 276 Å². The van der Waals surface area contributed by atoms with Crippen molar-refractivity contribution in [3.05, 3.63) is 63.1 Å². The molecule has 1 aromatic heterocycles. The Kier molecular flexibility index (Phi) is 9.30. The summed E-state index contributed by atoms with van der Waals surface area (Å²) in [7, 11) is 7.09. The molecule has 0 fully saturated rings. The van der Waals surface area contributed by atoms with E-state index < -0.39 is 40.7 Å². The number of rotatable bonds is 11. The number of aliphatic hydroxyl groups is 1. The van der Waals surface area contributed by atoms with Crippen molar-refractivity contribution in [2.24, 2.45) is 5.92 Å². The van der Waals surface area contributed by atoms with Gasteiger partial charge in [-0.2, -0.15) is 5.10 Å². The van der Waals surface area contributed by atoms with E-state index in [9.17, 15) is 19.5 Å². The summed E-state index contributed by atoms with van der Waals surface area (Å²) in [4.78, 5) is 41.9. The normalized spacial score (nSPS) is 19.3. The lowest BCUT2D eigenvalue weighted by atomic mass is 9.69. The third-order valence-corrected chi connectivity index (χ3v) is 9.11. The molecule has 1 aliphatic heterocycles. The molecule has 0 saturated heterocycles. The summed E-state index contributed by atoms with van der Waals surface area (Å²) in [5.74, 6) is -3.03. The first kappa shape index (κ1) is 33.5. The van der Waals surface area contributed by atoms with Gasteiger partial charge in [0.1, 0.15) is 22.1 Å². The van der Waals surface area contributed by atoms with E-state index in [-0.39, 0.29) is 70.0 Å². The lowest BCUT2D eigenvalue weighted by Crippen LogP contribution is -2.53. The number of aromatic amines is 1. The number of hydrogen-bond acceptors (Lipinski definition) is 11. The Hall–Kier alpha value is -4.91. The zero-order valence-electron chi connectivity index (χ0n) is 27.0. The van der Waals surface area contributed by atoms with Crippen molar-refractivity contribution in [2.45, 2.75) is 44.8 Å². The molecule has 1 aliphatic carbocycles. The number of ether oxygens (including phenoxy) is 6. The Bertz CT molecular complexity index is 1760. The minimum Gasteiger partial charge on any atom is -0.507 e. The van der Waals surface area contributed by atoms with Crippen molar-refractivity contribution in [3.63, 3.8) is 0 Å². The van der Waals surface area contributed by atoms with Crippen LogP contribution in [0.5, 0.6) is 34.5 Å². The van der Waals surface area contributed by atoms with Crippen molar-refractivity contribution in [1.29, 1.82) is 0 Å². The zero-order chi connectivity index (χ0) is 34.2. The van der Waals surface area contributed by atoms with Crippen LogP contribution in [-0.4, -0.2) is 73.9 Å². The van der Waals surface area contributed by atoms with E-state index >= 15 is 0 Å². The second-order valence-corrected chi connectivity index (χ2v) is 11.6. The molecule has 5 rings (SSSR count). The van der Waals surface area contributed by atoms with E-state index in [1.54, 1.807) is 25.3 Å². The standard InChI is InChI=1S/C33H36ClN3O10/c1-15-8-20(38)26(31(40)33(15)32(41)27-21(42-3)12-22(43-4)28(34)30(27)47-33)19(11-25(39)35-13-18-14-36-37-16(18)2)17-9-23(44-5)29(46-7)24(10-17)45-6/h9-10,12,14-15,19,40H,8,11,13H2,1-7H3,(H,35,39)(H,36,37). The van der Waals surface area contributed by atoms with Crippen LogP contribution in [0.3, 0.4) is 0 Å². The van der Waals surface area contributed by atoms with E-state index in [4.69, 9.17) is 40.0 Å². The van der Waals surface area contributed by atoms with Crippen molar-refractivity contribution >= 4 is 29.1 Å².